The van der Waals surface area contributed by atoms with E-state index in [1.165, 1.54) is 35.1 Å². The van der Waals surface area contributed by atoms with Crippen LogP contribution in [0.4, 0.5) is 8.78 Å². The van der Waals surface area contributed by atoms with Crippen LogP contribution >= 0.6 is 11.3 Å². The van der Waals surface area contributed by atoms with E-state index in [1.807, 2.05) is 19.1 Å². The molecule has 0 spiro atoms. The fourth-order valence-electron chi connectivity index (χ4n) is 3.49. The van der Waals surface area contributed by atoms with Crippen LogP contribution in [0.2, 0.25) is 0 Å². The summed E-state index contributed by atoms with van der Waals surface area (Å²) in [5.41, 5.74) is 1.23. The minimum atomic E-state index is -2.26. The van der Waals surface area contributed by atoms with Crippen LogP contribution in [0.3, 0.4) is 0 Å². The van der Waals surface area contributed by atoms with E-state index >= 15 is 4.39 Å². The summed E-state index contributed by atoms with van der Waals surface area (Å²) in [6, 6.07) is 10.0. The van der Waals surface area contributed by atoms with Crippen molar-refractivity contribution in [3.05, 3.63) is 70.6 Å². The second kappa shape index (κ2) is 6.47. The minimum absolute atomic E-state index is 0.459. The number of thiazole rings is 1. The smallest absolute Gasteiger partial charge is 0.282 e. The molecule has 1 aliphatic carbocycles. The van der Waals surface area contributed by atoms with Crippen molar-refractivity contribution in [3.63, 3.8) is 0 Å². The third-order valence-electron chi connectivity index (χ3n) is 4.88. The molecule has 0 unspecified atom stereocenters. The normalized spacial score (nSPS) is 23.9. The molecular formula is C19H15F2N3O2S. The van der Waals surface area contributed by atoms with Gasteiger partial charge in [-0.25, -0.2) is 19.2 Å². The Balaban J connectivity index is 1.72. The molecule has 1 aromatic carbocycles. The van der Waals surface area contributed by atoms with E-state index in [2.05, 4.69) is 9.97 Å². The first-order valence-corrected chi connectivity index (χ1v) is 9.05. The van der Waals surface area contributed by atoms with Gasteiger partial charge in [0.15, 0.2) is 0 Å². The highest BCUT2D eigenvalue weighted by molar-refractivity contribution is 7.15. The van der Waals surface area contributed by atoms with Crippen LogP contribution in [-0.4, -0.2) is 26.8 Å². The Labute approximate surface area is 157 Å². The Hall–Kier alpha value is -2.71. The molecule has 2 N–H and O–H groups in total. The number of hydrogen-bond donors (Lipinski definition) is 2. The van der Waals surface area contributed by atoms with Crippen molar-refractivity contribution in [3.8, 4) is 10.7 Å². The lowest BCUT2D eigenvalue weighted by Crippen LogP contribution is -2.33. The van der Waals surface area contributed by atoms with Crippen LogP contribution in [0, 0.1) is 12.7 Å². The van der Waals surface area contributed by atoms with E-state index < -0.39 is 29.2 Å². The van der Waals surface area contributed by atoms with Gasteiger partial charge in [-0.05, 0) is 30.2 Å². The van der Waals surface area contributed by atoms with Gasteiger partial charge in [-0.15, -0.1) is 11.3 Å². The lowest BCUT2D eigenvalue weighted by atomic mass is 10.0. The maximum atomic E-state index is 15.6. The van der Waals surface area contributed by atoms with Crippen molar-refractivity contribution in [2.24, 2.45) is 0 Å². The molecular weight excluding hydrogens is 372 g/mol. The number of alkyl halides is 1. The largest absolute Gasteiger partial charge is 0.289 e. The van der Waals surface area contributed by atoms with Gasteiger partial charge in [0.05, 0.1) is 11.9 Å². The summed E-state index contributed by atoms with van der Waals surface area (Å²) in [6.07, 6.45) is 2.59. The van der Waals surface area contributed by atoms with Gasteiger partial charge in [0, 0.05) is 22.9 Å². The van der Waals surface area contributed by atoms with E-state index in [4.69, 9.17) is 5.21 Å². The SMILES string of the molecule is Cc1ccccc1[C@@H]1[C@@H](c2cnc(-c3ccc(F)cn3)s2)[C@]1(F)C(=O)NO. The lowest BCUT2D eigenvalue weighted by molar-refractivity contribution is -0.136. The topological polar surface area (TPSA) is 75.1 Å². The second-order valence-corrected chi connectivity index (χ2v) is 7.51. The Morgan fingerprint density at radius 2 is 1.96 bits per heavy atom. The highest BCUT2D eigenvalue weighted by Gasteiger charge is 2.73. The fourth-order valence-corrected chi connectivity index (χ4v) is 4.58. The third kappa shape index (κ3) is 2.81. The Kier molecular flexibility index (Phi) is 4.24. The first-order valence-electron chi connectivity index (χ1n) is 8.23. The van der Waals surface area contributed by atoms with Crippen LogP contribution in [0.25, 0.3) is 10.7 Å². The number of hydrogen-bond acceptors (Lipinski definition) is 5. The summed E-state index contributed by atoms with van der Waals surface area (Å²) >= 11 is 1.20. The van der Waals surface area contributed by atoms with E-state index in [1.54, 1.807) is 12.1 Å². The summed E-state index contributed by atoms with van der Waals surface area (Å²) in [5.74, 6) is -3.02. The third-order valence-corrected chi connectivity index (χ3v) is 5.98. The molecule has 8 heteroatoms. The van der Waals surface area contributed by atoms with Gasteiger partial charge in [0.1, 0.15) is 10.8 Å². The van der Waals surface area contributed by atoms with Gasteiger partial charge < -0.3 is 0 Å². The first kappa shape index (κ1) is 17.7. The van der Waals surface area contributed by atoms with Crippen LogP contribution in [0.5, 0.6) is 0 Å². The molecule has 0 bridgehead atoms. The van der Waals surface area contributed by atoms with Crippen molar-refractivity contribution < 1.29 is 18.8 Å². The molecule has 1 aliphatic rings. The number of benzene rings is 1. The molecule has 5 nitrogen and oxygen atoms in total. The number of pyridine rings is 1. The quantitative estimate of drug-likeness (QED) is 0.528. The van der Waals surface area contributed by atoms with Crippen LogP contribution in [-0.2, 0) is 4.79 Å². The predicted molar refractivity (Wildman–Crippen MR) is 95.7 cm³/mol. The standard InChI is InChI=1S/C19H15F2N3O2S/c1-10-4-2-3-5-12(10)15-16(19(15,21)18(25)24-26)14-9-23-17(27-14)13-7-6-11(20)8-22-13/h2-9,15-16,26H,1H3,(H,24,25)/t15-,16-,19+/m1/s1. The number of hydroxylamine groups is 1. The van der Waals surface area contributed by atoms with E-state index in [9.17, 15) is 9.18 Å². The van der Waals surface area contributed by atoms with Gasteiger partial charge in [-0.1, -0.05) is 24.3 Å². The molecule has 2 heterocycles. The molecule has 27 heavy (non-hydrogen) atoms. The molecule has 2 aromatic heterocycles. The molecule has 0 aliphatic heterocycles. The number of carbonyl (C=O) groups excluding carboxylic acids is 1. The summed E-state index contributed by atoms with van der Waals surface area (Å²) in [7, 11) is 0. The number of carbonyl (C=O) groups is 1. The monoisotopic (exact) mass is 387 g/mol. The van der Waals surface area contributed by atoms with Gasteiger partial charge >= 0.3 is 0 Å². The molecule has 1 saturated carbocycles. The molecule has 4 rings (SSSR count). The Morgan fingerprint density at radius 1 is 1.19 bits per heavy atom. The lowest BCUT2D eigenvalue weighted by Gasteiger charge is -2.07. The number of nitrogens with one attached hydrogen (secondary N) is 1. The predicted octanol–water partition coefficient (Wildman–Crippen LogP) is 3.75. The zero-order valence-corrected chi connectivity index (χ0v) is 15.0. The van der Waals surface area contributed by atoms with Gasteiger partial charge in [-0.3, -0.25) is 15.0 Å². The maximum Gasteiger partial charge on any atom is 0.282 e. The van der Waals surface area contributed by atoms with E-state index in [0.29, 0.717) is 21.1 Å². The molecule has 1 amide bonds. The zero-order chi connectivity index (χ0) is 19.2. The molecule has 0 saturated heterocycles. The maximum absolute atomic E-state index is 15.6. The second-order valence-electron chi connectivity index (χ2n) is 6.45. The fraction of sp³-hybridized carbons (Fsp3) is 0.211. The molecule has 138 valence electrons. The average Bonchev–Trinajstić information content (AvgIpc) is 3.04. The highest BCUT2D eigenvalue weighted by atomic mass is 32.1. The van der Waals surface area contributed by atoms with Crippen LogP contribution < -0.4 is 5.48 Å². The minimum Gasteiger partial charge on any atom is -0.289 e. The number of aryl methyl sites for hydroxylation is 1. The Bertz CT molecular complexity index is 1010. The number of halogens is 2. The molecule has 0 radical (unpaired) electrons. The van der Waals surface area contributed by atoms with Crippen molar-refractivity contribution in [1.82, 2.24) is 15.4 Å². The molecule has 3 aromatic rings. The van der Waals surface area contributed by atoms with E-state index in [-0.39, 0.29) is 0 Å². The summed E-state index contributed by atoms with van der Waals surface area (Å²) in [5, 5.41) is 9.53. The average molecular weight is 387 g/mol. The zero-order valence-electron chi connectivity index (χ0n) is 14.2. The van der Waals surface area contributed by atoms with Crippen molar-refractivity contribution in [2.45, 2.75) is 24.4 Å². The number of aromatic nitrogens is 2. The van der Waals surface area contributed by atoms with Gasteiger partial charge in [0.25, 0.3) is 5.91 Å². The van der Waals surface area contributed by atoms with Crippen molar-refractivity contribution in [2.75, 3.05) is 0 Å². The summed E-state index contributed by atoms with van der Waals surface area (Å²) in [6.45, 7) is 1.85. The number of nitrogens with zero attached hydrogens (tertiary/aromatic N) is 2. The van der Waals surface area contributed by atoms with Crippen molar-refractivity contribution >= 4 is 17.2 Å². The first-order chi connectivity index (χ1) is 13.0. The van der Waals surface area contributed by atoms with E-state index in [0.717, 1.165) is 11.8 Å². The van der Waals surface area contributed by atoms with Crippen LogP contribution in [0.1, 0.15) is 27.8 Å². The van der Waals surface area contributed by atoms with Gasteiger partial charge in [0.2, 0.25) is 5.67 Å². The Morgan fingerprint density at radius 3 is 2.63 bits per heavy atom. The number of amides is 1. The van der Waals surface area contributed by atoms with Crippen LogP contribution in [0.15, 0.2) is 48.8 Å². The van der Waals surface area contributed by atoms with Gasteiger partial charge in [-0.2, -0.15) is 0 Å². The molecule has 3 atom stereocenters. The number of rotatable bonds is 4. The molecule has 1 fully saturated rings. The van der Waals surface area contributed by atoms with Crippen molar-refractivity contribution in [1.29, 1.82) is 0 Å². The summed E-state index contributed by atoms with van der Waals surface area (Å²) in [4.78, 5) is 20.9. The summed E-state index contributed by atoms with van der Waals surface area (Å²) < 4.78 is 28.6. The highest BCUT2D eigenvalue weighted by Crippen LogP contribution is 2.67.